The smallest absolute Gasteiger partial charge is 0.325 e. The van der Waals surface area contributed by atoms with Crippen LogP contribution in [0.2, 0.25) is 0 Å². The third-order valence-electron chi connectivity index (χ3n) is 4.19. The van der Waals surface area contributed by atoms with Crippen molar-refractivity contribution in [1.29, 1.82) is 0 Å². The molecule has 3 rings (SSSR count). The SMILES string of the molecule is COc1ccccc1N1CCN(CC(=O)N2CCNC(=O)C2)C1=O. The van der Waals surface area contributed by atoms with Crippen molar-refractivity contribution in [3.8, 4) is 5.75 Å². The number of nitrogens with one attached hydrogen (secondary N) is 1. The Bertz CT molecular complexity index is 663. The van der Waals surface area contributed by atoms with Gasteiger partial charge < -0.3 is 19.9 Å². The Morgan fingerprint density at radius 2 is 2.00 bits per heavy atom. The van der Waals surface area contributed by atoms with Crippen molar-refractivity contribution in [2.24, 2.45) is 0 Å². The molecule has 0 bridgehead atoms. The summed E-state index contributed by atoms with van der Waals surface area (Å²) in [6.07, 6.45) is 0. The van der Waals surface area contributed by atoms with Crippen LogP contribution in [0.5, 0.6) is 5.75 Å². The molecule has 0 radical (unpaired) electrons. The van der Waals surface area contributed by atoms with Crippen LogP contribution in [0.1, 0.15) is 0 Å². The molecule has 0 saturated carbocycles. The Kier molecular flexibility index (Phi) is 4.54. The minimum Gasteiger partial charge on any atom is -0.495 e. The van der Waals surface area contributed by atoms with Crippen molar-refractivity contribution in [2.75, 3.05) is 51.3 Å². The first-order valence-electron chi connectivity index (χ1n) is 7.84. The summed E-state index contributed by atoms with van der Waals surface area (Å²) >= 11 is 0. The van der Waals surface area contributed by atoms with Gasteiger partial charge in [-0.1, -0.05) is 12.1 Å². The van der Waals surface area contributed by atoms with Gasteiger partial charge in [0, 0.05) is 26.2 Å². The number of hydrogen-bond donors (Lipinski definition) is 1. The highest BCUT2D eigenvalue weighted by Gasteiger charge is 2.33. The fraction of sp³-hybridized carbons (Fsp3) is 0.438. The number of amides is 4. The number of carbonyl (C=O) groups excluding carboxylic acids is 3. The van der Waals surface area contributed by atoms with Crippen LogP contribution in [0.15, 0.2) is 24.3 Å². The number of urea groups is 1. The summed E-state index contributed by atoms with van der Waals surface area (Å²) in [5.41, 5.74) is 0.692. The molecule has 0 spiro atoms. The Morgan fingerprint density at radius 3 is 2.75 bits per heavy atom. The molecular weight excluding hydrogens is 312 g/mol. The van der Waals surface area contributed by atoms with Gasteiger partial charge in [0.05, 0.1) is 19.3 Å². The van der Waals surface area contributed by atoms with Gasteiger partial charge in [-0.15, -0.1) is 0 Å². The Morgan fingerprint density at radius 1 is 1.21 bits per heavy atom. The monoisotopic (exact) mass is 332 g/mol. The quantitative estimate of drug-likeness (QED) is 0.834. The number of para-hydroxylation sites is 2. The molecule has 0 aliphatic carbocycles. The largest absolute Gasteiger partial charge is 0.495 e. The zero-order valence-electron chi connectivity index (χ0n) is 13.5. The Hall–Kier alpha value is -2.77. The fourth-order valence-electron chi connectivity index (χ4n) is 2.92. The summed E-state index contributed by atoms with van der Waals surface area (Å²) in [7, 11) is 1.56. The molecule has 2 aliphatic rings. The van der Waals surface area contributed by atoms with Crippen molar-refractivity contribution < 1.29 is 19.1 Å². The zero-order valence-corrected chi connectivity index (χ0v) is 13.5. The highest BCUT2D eigenvalue weighted by Crippen LogP contribution is 2.30. The maximum absolute atomic E-state index is 12.6. The average molecular weight is 332 g/mol. The Labute approximate surface area is 139 Å². The maximum atomic E-state index is 12.6. The maximum Gasteiger partial charge on any atom is 0.325 e. The second-order valence-corrected chi connectivity index (χ2v) is 5.69. The van der Waals surface area contributed by atoms with E-state index in [4.69, 9.17) is 4.74 Å². The Balaban J connectivity index is 1.66. The van der Waals surface area contributed by atoms with E-state index in [1.165, 1.54) is 9.80 Å². The second kappa shape index (κ2) is 6.77. The van der Waals surface area contributed by atoms with E-state index in [9.17, 15) is 14.4 Å². The molecule has 1 aromatic rings. The molecule has 4 amide bonds. The lowest BCUT2D eigenvalue weighted by Crippen LogP contribution is -2.52. The number of piperazine rings is 1. The summed E-state index contributed by atoms with van der Waals surface area (Å²) in [6, 6.07) is 7.06. The number of nitrogens with zero attached hydrogens (tertiary/aromatic N) is 3. The third-order valence-corrected chi connectivity index (χ3v) is 4.19. The van der Waals surface area contributed by atoms with Crippen LogP contribution in [0.25, 0.3) is 0 Å². The predicted molar refractivity (Wildman–Crippen MR) is 86.9 cm³/mol. The normalized spacial score (nSPS) is 18.0. The second-order valence-electron chi connectivity index (χ2n) is 5.69. The lowest BCUT2D eigenvalue weighted by Gasteiger charge is -2.28. The van der Waals surface area contributed by atoms with Crippen LogP contribution >= 0.6 is 0 Å². The van der Waals surface area contributed by atoms with Crippen molar-refractivity contribution in [3.05, 3.63) is 24.3 Å². The molecule has 1 N–H and O–H groups in total. The molecule has 0 atom stereocenters. The van der Waals surface area contributed by atoms with Crippen LogP contribution in [-0.4, -0.2) is 74.0 Å². The molecule has 2 saturated heterocycles. The lowest BCUT2D eigenvalue weighted by molar-refractivity contribution is -0.138. The van der Waals surface area contributed by atoms with E-state index in [0.29, 0.717) is 37.6 Å². The van der Waals surface area contributed by atoms with Gasteiger partial charge in [-0.25, -0.2) is 4.79 Å². The van der Waals surface area contributed by atoms with E-state index in [1.807, 2.05) is 18.2 Å². The standard InChI is InChI=1S/C16H20N4O4/c1-24-13-5-3-2-4-12(13)20-9-8-19(16(20)23)11-15(22)18-7-6-17-14(21)10-18/h2-5H,6-11H2,1H3,(H,17,21). The van der Waals surface area contributed by atoms with E-state index in [2.05, 4.69) is 5.32 Å². The molecule has 1 aromatic carbocycles. The van der Waals surface area contributed by atoms with Gasteiger partial charge in [-0.3, -0.25) is 14.5 Å². The minimum absolute atomic E-state index is 0.0161. The molecule has 2 fully saturated rings. The summed E-state index contributed by atoms with van der Waals surface area (Å²) in [5, 5.41) is 2.67. The number of hydrogen-bond acceptors (Lipinski definition) is 4. The molecule has 8 heteroatoms. The van der Waals surface area contributed by atoms with Gasteiger partial charge in [-0.05, 0) is 12.1 Å². The number of methoxy groups -OCH3 is 1. The third kappa shape index (κ3) is 3.12. The number of anilines is 1. The predicted octanol–water partition coefficient (Wildman–Crippen LogP) is -0.104. The van der Waals surface area contributed by atoms with Crippen LogP contribution < -0.4 is 15.0 Å². The summed E-state index contributed by atoms with van der Waals surface area (Å²) < 4.78 is 5.30. The minimum atomic E-state index is -0.227. The van der Waals surface area contributed by atoms with Crippen molar-refractivity contribution in [2.45, 2.75) is 0 Å². The summed E-state index contributed by atoms with van der Waals surface area (Å²) in [6.45, 7) is 1.92. The zero-order chi connectivity index (χ0) is 17.1. The van der Waals surface area contributed by atoms with E-state index >= 15 is 0 Å². The summed E-state index contributed by atoms with van der Waals surface area (Å²) in [5.74, 6) is 0.241. The van der Waals surface area contributed by atoms with Crippen molar-refractivity contribution in [3.63, 3.8) is 0 Å². The molecule has 0 aromatic heterocycles. The first kappa shape index (κ1) is 16.1. The molecular formula is C16H20N4O4. The number of rotatable bonds is 4. The average Bonchev–Trinajstić information content (AvgIpc) is 2.95. The van der Waals surface area contributed by atoms with Gasteiger partial charge in [0.1, 0.15) is 12.3 Å². The first-order valence-corrected chi connectivity index (χ1v) is 7.84. The highest BCUT2D eigenvalue weighted by atomic mass is 16.5. The first-order chi connectivity index (χ1) is 11.6. The number of benzene rings is 1. The molecule has 2 aliphatic heterocycles. The van der Waals surface area contributed by atoms with Crippen LogP contribution in [-0.2, 0) is 9.59 Å². The number of carbonyl (C=O) groups is 3. The topological polar surface area (TPSA) is 82.2 Å². The molecule has 2 heterocycles. The van der Waals surface area contributed by atoms with Crippen molar-refractivity contribution in [1.82, 2.24) is 15.1 Å². The van der Waals surface area contributed by atoms with E-state index in [1.54, 1.807) is 18.1 Å². The van der Waals surface area contributed by atoms with Crippen LogP contribution in [0, 0.1) is 0 Å². The van der Waals surface area contributed by atoms with Gasteiger partial charge >= 0.3 is 6.03 Å². The molecule has 24 heavy (non-hydrogen) atoms. The van der Waals surface area contributed by atoms with Gasteiger partial charge in [0.2, 0.25) is 11.8 Å². The van der Waals surface area contributed by atoms with Crippen molar-refractivity contribution >= 4 is 23.5 Å². The van der Waals surface area contributed by atoms with Gasteiger partial charge in [-0.2, -0.15) is 0 Å². The van der Waals surface area contributed by atoms with Gasteiger partial charge in [0.15, 0.2) is 0 Å². The molecule has 0 unspecified atom stereocenters. The highest BCUT2D eigenvalue weighted by molar-refractivity contribution is 5.98. The van der Waals surface area contributed by atoms with E-state index in [-0.39, 0.29) is 30.9 Å². The van der Waals surface area contributed by atoms with Crippen LogP contribution in [0.4, 0.5) is 10.5 Å². The molecule has 8 nitrogen and oxygen atoms in total. The van der Waals surface area contributed by atoms with Crippen LogP contribution in [0.3, 0.4) is 0 Å². The number of ether oxygens (including phenoxy) is 1. The lowest BCUT2D eigenvalue weighted by atomic mass is 10.2. The fourth-order valence-corrected chi connectivity index (χ4v) is 2.92. The van der Waals surface area contributed by atoms with E-state index < -0.39 is 0 Å². The summed E-state index contributed by atoms with van der Waals surface area (Å²) in [4.78, 5) is 40.9. The van der Waals surface area contributed by atoms with E-state index in [0.717, 1.165) is 0 Å². The molecule has 128 valence electrons. The van der Waals surface area contributed by atoms with Gasteiger partial charge in [0.25, 0.3) is 0 Å².